The molecule has 2 aliphatic rings. The minimum atomic E-state index is -0.836. The van der Waals surface area contributed by atoms with E-state index in [1.165, 1.54) is 0 Å². The standard InChI is InChI=1S/C21H38N2O4/c1-14(2)11-16(20(26)7-5-8-20)22-18(24)13-19(25)23-17(12-15(3)4)21(27)9-6-10-21/h14-17,26-27H,5-13H2,1-4H3,(H,22,24)(H,23,25). The van der Waals surface area contributed by atoms with E-state index in [0.717, 1.165) is 12.8 Å². The van der Waals surface area contributed by atoms with Crippen LogP contribution in [0.5, 0.6) is 0 Å². The molecule has 0 spiro atoms. The fraction of sp³-hybridized carbons (Fsp3) is 0.905. The minimum absolute atomic E-state index is 0.269. The van der Waals surface area contributed by atoms with Crippen molar-refractivity contribution in [3.63, 3.8) is 0 Å². The molecule has 6 heteroatoms. The molecule has 6 nitrogen and oxygen atoms in total. The van der Waals surface area contributed by atoms with E-state index in [4.69, 9.17) is 0 Å². The Morgan fingerprint density at radius 1 is 0.778 bits per heavy atom. The van der Waals surface area contributed by atoms with Crippen LogP contribution in [0.25, 0.3) is 0 Å². The number of aliphatic hydroxyl groups is 2. The molecule has 0 saturated heterocycles. The Labute approximate surface area is 163 Å². The number of carbonyl (C=O) groups excluding carboxylic acids is 2. The van der Waals surface area contributed by atoms with Crippen molar-refractivity contribution in [2.45, 2.75) is 109 Å². The highest BCUT2D eigenvalue weighted by molar-refractivity contribution is 5.97. The first kappa shape index (κ1) is 22.2. The van der Waals surface area contributed by atoms with Crippen molar-refractivity contribution in [3.05, 3.63) is 0 Å². The number of hydrogen-bond acceptors (Lipinski definition) is 4. The van der Waals surface area contributed by atoms with Crippen LogP contribution in [-0.4, -0.2) is 45.3 Å². The van der Waals surface area contributed by atoms with E-state index in [9.17, 15) is 19.8 Å². The summed E-state index contributed by atoms with van der Waals surface area (Å²) in [5.74, 6) is -0.0289. The smallest absolute Gasteiger partial charge is 0.229 e. The molecule has 2 unspecified atom stereocenters. The van der Waals surface area contributed by atoms with Crippen molar-refractivity contribution < 1.29 is 19.8 Å². The predicted octanol–water partition coefficient (Wildman–Crippen LogP) is 2.27. The molecule has 0 radical (unpaired) electrons. The van der Waals surface area contributed by atoms with Gasteiger partial charge in [0.1, 0.15) is 6.42 Å². The molecule has 0 bridgehead atoms. The molecule has 0 aromatic rings. The van der Waals surface area contributed by atoms with Crippen LogP contribution in [-0.2, 0) is 9.59 Å². The Hall–Kier alpha value is -1.14. The van der Waals surface area contributed by atoms with Gasteiger partial charge in [-0.05, 0) is 63.2 Å². The summed E-state index contributed by atoms with van der Waals surface area (Å²) in [7, 11) is 0. The molecule has 27 heavy (non-hydrogen) atoms. The summed E-state index contributed by atoms with van der Waals surface area (Å²) in [6.07, 6.45) is 5.84. The highest BCUT2D eigenvalue weighted by Gasteiger charge is 2.44. The van der Waals surface area contributed by atoms with Gasteiger partial charge in [-0.25, -0.2) is 0 Å². The highest BCUT2D eigenvalue weighted by Crippen LogP contribution is 2.38. The van der Waals surface area contributed by atoms with E-state index in [2.05, 4.69) is 38.3 Å². The molecule has 0 heterocycles. The Morgan fingerprint density at radius 3 is 1.33 bits per heavy atom. The van der Waals surface area contributed by atoms with Crippen LogP contribution in [0.2, 0.25) is 0 Å². The monoisotopic (exact) mass is 382 g/mol. The van der Waals surface area contributed by atoms with E-state index < -0.39 is 11.2 Å². The number of carbonyl (C=O) groups is 2. The number of nitrogens with one attached hydrogen (secondary N) is 2. The van der Waals surface area contributed by atoms with Crippen molar-refractivity contribution in [1.29, 1.82) is 0 Å². The Kier molecular flexibility index (Phi) is 7.31. The molecule has 0 aromatic carbocycles. The molecular weight excluding hydrogens is 344 g/mol. The van der Waals surface area contributed by atoms with Crippen molar-refractivity contribution in [3.8, 4) is 0 Å². The second-order valence-corrected chi connectivity index (χ2v) is 9.59. The van der Waals surface area contributed by atoms with E-state index >= 15 is 0 Å². The summed E-state index contributed by atoms with van der Waals surface area (Å²) < 4.78 is 0. The molecule has 2 amide bonds. The average Bonchev–Trinajstić information content (AvgIpc) is 2.47. The Balaban J connectivity index is 1.89. The third-order valence-corrected chi connectivity index (χ3v) is 6.14. The molecular formula is C21H38N2O4. The van der Waals surface area contributed by atoms with Gasteiger partial charge >= 0.3 is 0 Å². The first-order valence-corrected chi connectivity index (χ1v) is 10.6. The molecule has 2 aliphatic carbocycles. The summed E-state index contributed by atoms with van der Waals surface area (Å²) in [4.78, 5) is 24.8. The normalized spacial score (nSPS) is 22.5. The zero-order valence-corrected chi connectivity index (χ0v) is 17.4. The van der Waals surface area contributed by atoms with Gasteiger partial charge in [0, 0.05) is 0 Å². The zero-order valence-electron chi connectivity index (χ0n) is 17.4. The van der Waals surface area contributed by atoms with Crippen LogP contribution < -0.4 is 10.6 Å². The van der Waals surface area contributed by atoms with Crippen LogP contribution in [0, 0.1) is 11.8 Å². The van der Waals surface area contributed by atoms with Gasteiger partial charge in [0.15, 0.2) is 0 Å². The fourth-order valence-corrected chi connectivity index (χ4v) is 4.18. The van der Waals surface area contributed by atoms with Gasteiger partial charge in [-0.15, -0.1) is 0 Å². The molecule has 2 rings (SSSR count). The quantitative estimate of drug-likeness (QED) is 0.436. The van der Waals surface area contributed by atoms with Gasteiger partial charge in [0.2, 0.25) is 11.8 Å². The molecule has 156 valence electrons. The lowest BCUT2D eigenvalue weighted by atomic mass is 9.72. The van der Waals surface area contributed by atoms with Crippen LogP contribution in [0.4, 0.5) is 0 Å². The first-order chi connectivity index (χ1) is 12.5. The van der Waals surface area contributed by atoms with Gasteiger partial charge in [-0.2, -0.15) is 0 Å². The van der Waals surface area contributed by atoms with E-state index in [1.807, 2.05) is 0 Å². The molecule has 2 saturated carbocycles. The lowest BCUT2D eigenvalue weighted by Crippen LogP contribution is -2.59. The van der Waals surface area contributed by atoms with E-state index in [-0.39, 0.29) is 30.3 Å². The summed E-state index contributed by atoms with van der Waals surface area (Å²) in [5.41, 5.74) is -1.67. The van der Waals surface area contributed by atoms with E-state index in [1.54, 1.807) is 0 Å². The molecule has 2 fully saturated rings. The maximum atomic E-state index is 12.4. The lowest BCUT2D eigenvalue weighted by Gasteiger charge is -2.44. The molecule has 0 aliphatic heterocycles. The SMILES string of the molecule is CC(C)CC(NC(=O)CC(=O)NC(CC(C)C)C1(O)CCC1)C1(O)CCC1. The summed E-state index contributed by atoms with van der Waals surface area (Å²) in [6, 6.07) is -0.623. The van der Waals surface area contributed by atoms with Crippen molar-refractivity contribution in [1.82, 2.24) is 10.6 Å². The maximum Gasteiger partial charge on any atom is 0.229 e. The van der Waals surface area contributed by atoms with E-state index in [0.29, 0.717) is 50.4 Å². The molecule has 4 N–H and O–H groups in total. The molecule has 2 atom stereocenters. The van der Waals surface area contributed by atoms with Gasteiger partial charge < -0.3 is 20.8 Å². The summed E-state index contributed by atoms with van der Waals surface area (Å²) in [6.45, 7) is 8.24. The van der Waals surface area contributed by atoms with Gasteiger partial charge in [-0.3, -0.25) is 9.59 Å². The fourth-order valence-electron chi connectivity index (χ4n) is 4.18. The topological polar surface area (TPSA) is 98.7 Å². The second-order valence-electron chi connectivity index (χ2n) is 9.59. The van der Waals surface area contributed by atoms with Gasteiger partial charge in [0.05, 0.1) is 23.3 Å². The Bertz CT molecular complexity index is 478. The van der Waals surface area contributed by atoms with Crippen LogP contribution in [0.1, 0.15) is 85.5 Å². The summed E-state index contributed by atoms with van der Waals surface area (Å²) >= 11 is 0. The average molecular weight is 383 g/mol. The van der Waals surface area contributed by atoms with Crippen molar-refractivity contribution in [2.75, 3.05) is 0 Å². The number of hydrogen-bond donors (Lipinski definition) is 4. The number of rotatable bonds is 10. The van der Waals surface area contributed by atoms with Gasteiger partial charge in [0.25, 0.3) is 0 Å². The third kappa shape index (κ3) is 5.92. The lowest BCUT2D eigenvalue weighted by molar-refractivity contribution is -0.136. The van der Waals surface area contributed by atoms with Crippen molar-refractivity contribution >= 4 is 11.8 Å². The third-order valence-electron chi connectivity index (χ3n) is 6.14. The van der Waals surface area contributed by atoms with Crippen LogP contribution >= 0.6 is 0 Å². The first-order valence-electron chi connectivity index (χ1n) is 10.6. The molecule has 0 aromatic heterocycles. The summed E-state index contributed by atoms with van der Waals surface area (Å²) in [5, 5.41) is 27.1. The minimum Gasteiger partial charge on any atom is -0.388 e. The van der Waals surface area contributed by atoms with Crippen molar-refractivity contribution in [2.24, 2.45) is 11.8 Å². The Morgan fingerprint density at radius 2 is 1.11 bits per heavy atom. The van der Waals surface area contributed by atoms with Crippen LogP contribution in [0.3, 0.4) is 0 Å². The highest BCUT2D eigenvalue weighted by atomic mass is 16.3. The maximum absolute atomic E-state index is 12.4. The van der Waals surface area contributed by atoms with Crippen LogP contribution in [0.15, 0.2) is 0 Å². The predicted molar refractivity (Wildman–Crippen MR) is 105 cm³/mol. The zero-order chi connectivity index (χ0) is 20.2. The second kappa shape index (κ2) is 8.91. The largest absolute Gasteiger partial charge is 0.388 e. The number of amides is 2. The van der Waals surface area contributed by atoms with Gasteiger partial charge in [-0.1, -0.05) is 27.7 Å².